The summed E-state index contributed by atoms with van der Waals surface area (Å²) in [6.45, 7) is 2.09. The van der Waals surface area contributed by atoms with Crippen LogP contribution in [0.25, 0.3) is 0 Å². The molecular formula is C13H14O. The number of ketones is 1. The van der Waals surface area contributed by atoms with Crippen molar-refractivity contribution < 1.29 is 4.79 Å². The van der Waals surface area contributed by atoms with E-state index in [0.717, 1.165) is 6.42 Å². The van der Waals surface area contributed by atoms with E-state index in [0.29, 0.717) is 17.6 Å². The number of benzene rings is 1. The van der Waals surface area contributed by atoms with Crippen molar-refractivity contribution >= 4 is 5.78 Å². The Balaban J connectivity index is 1.99. The van der Waals surface area contributed by atoms with Gasteiger partial charge in [0, 0.05) is 17.8 Å². The Bertz CT molecular complexity index is 381. The quantitative estimate of drug-likeness (QED) is 0.658. The standard InChI is InChI=1S/C13H14O/c1-9-11-7-13(11,8-12(9)14)10-5-3-2-4-6-10/h2-6,9,11H,7-8H2,1H3/t9-,11-,13+/m0/s1. The van der Waals surface area contributed by atoms with Crippen LogP contribution >= 0.6 is 0 Å². The van der Waals surface area contributed by atoms with Crippen LogP contribution in [0.4, 0.5) is 0 Å². The summed E-state index contributed by atoms with van der Waals surface area (Å²) in [6.07, 6.45) is 2.01. The van der Waals surface area contributed by atoms with Gasteiger partial charge in [-0.25, -0.2) is 0 Å². The van der Waals surface area contributed by atoms with Crippen LogP contribution in [-0.2, 0) is 10.2 Å². The summed E-state index contributed by atoms with van der Waals surface area (Å²) in [5, 5.41) is 0. The van der Waals surface area contributed by atoms with E-state index < -0.39 is 0 Å². The minimum atomic E-state index is 0.248. The van der Waals surface area contributed by atoms with E-state index in [-0.39, 0.29) is 5.41 Å². The molecule has 0 N–H and O–H groups in total. The first-order valence-corrected chi connectivity index (χ1v) is 5.32. The Kier molecular flexibility index (Phi) is 1.45. The van der Waals surface area contributed by atoms with Crippen molar-refractivity contribution in [1.29, 1.82) is 0 Å². The molecule has 2 fully saturated rings. The third-order valence-corrected chi connectivity index (χ3v) is 4.08. The van der Waals surface area contributed by atoms with Crippen LogP contribution in [0.1, 0.15) is 25.3 Å². The first-order chi connectivity index (χ1) is 6.74. The second kappa shape index (κ2) is 2.47. The molecule has 0 heterocycles. The van der Waals surface area contributed by atoms with Gasteiger partial charge in [-0.2, -0.15) is 0 Å². The van der Waals surface area contributed by atoms with Crippen LogP contribution in [0.5, 0.6) is 0 Å². The van der Waals surface area contributed by atoms with Crippen LogP contribution in [0.15, 0.2) is 30.3 Å². The van der Waals surface area contributed by atoms with Crippen LogP contribution in [0.2, 0.25) is 0 Å². The second-order valence-corrected chi connectivity index (χ2v) is 4.76. The Morgan fingerprint density at radius 2 is 2.00 bits per heavy atom. The number of Topliss-reactive ketones (excluding diaryl/α,β-unsaturated/α-hetero) is 1. The number of carbonyl (C=O) groups excluding carboxylic acids is 1. The molecule has 3 atom stereocenters. The molecule has 1 aromatic rings. The average Bonchev–Trinajstić information content (AvgIpc) is 2.88. The minimum Gasteiger partial charge on any atom is -0.299 e. The summed E-state index contributed by atoms with van der Waals surface area (Å²) in [4.78, 5) is 11.6. The fourth-order valence-electron chi connectivity index (χ4n) is 3.09. The molecule has 0 aliphatic heterocycles. The Labute approximate surface area is 84.1 Å². The summed E-state index contributed by atoms with van der Waals surface area (Å²) in [5.41, 5.74) is 1.63. The lowest BCUT2D eigenvalue weighted by atomic mass is 9.93. The van der Waals surface area contributed by atoms with E-state index in [1.807, 2.05) is 6.07 Å². The summed E-state index contributed by atoms with van der Waals surface area (Å²) in [7, 11) is 0. The van der Waals surface area contributed by atoms with E-state index in [2.05, 4.69) is 31.2 Å². The molecule has 2 aliphatic rings. The van der Waals surface area contributed by atoms with Gasteiger partial charge in [-0.3, -0.25) is 4.79 Å². The number of hydrogen-bond donors (Lipinski definition) is 0. The van der Waals surface area contributed by atoms with Crippen molar-refractivity contribution in [3.05, 3.63) is 35.9 Å². The highest BCUT2D eigenvalue weighted by molar-refractivity contribution is 5.87. The molecule has 0 amide bonds. The van der Waals surface area contributed by atoms with E-state index in [1.165, 1.54) is 12.0 Å². The molecule has 0 aromatic heterocycles. The molecule has 0 bridgehead atoms. The Morgan fingerprint density at radius 1 is 1.29 bits per heavy atom. The van der Waals surface area contributed by atoms with Gasteiger partial charge in [0.1, 0.15) is 5.78 Å². The average molecular weight is 186 g/mol. The monoisotopic (exact) mass is 186 g/mol. The third-order valence-electron chi connectivity index (χ3n) is 4.08. The van der Waals surface area contributed by atoms with Gasteiger partial charge in [-0.1, -0.05) is 37.3 Å². The summed E-state index contributed by atoms with van der Waals surface area (Å²) < 4.78 is 0. The molecule has 1 aromatic carbocycles. The van der Waals surface area contributed by atoms with Gasteiger partial charge in [-0.05, 0) is 17.9 Å². The summed E-state index contributed by atoms with van der Waals surface area (Å²) in [6, 6.07) is 10.5. The summed E-state index contributed by atoms with van der Waals surface area (Å²) in [5.74, 6) is 1.40. The van der Waals surface area contributed by atoms with Gasteiger partial charge in [0.05, 0.1) is 0 Å². The Morgan fingerprint density at radius 3 is 2.57 bits per heavy atom. The van der Waals surface area contributed by atoms with Crippen molar-refractivity contribution in [3.8, 4) is 0 Å². The second-order valence-electron chi connectivity index (χ2n) is 4.76. The highest BCUT2D eigenvalue weighted by Gasteiger charge is 2.64. The predicted octanol–water partition coefficient (Wildman–Crippen LogP) is 2.55. The van der Waals surface area contributed by atoms with Crippen molar-refractivity contribution in [2.75, 3.05) is 0 Å². The van der Waals surface area contributed by atoms with Gasteiger partial charge >= 0.3 is 0 Å². The van der Waals surface area contributed by atoms with Gasteiger partial charge in [0.2, 0.25) is 0 Å². The maximum Gasteiger partial charge on any atom is 0.136 e. The molecule has 0 spiro atoms. The lowest BCUT2D eigenvalue weighted by Crippen LogP contribution is -2.08. The fraction of sp³-hybridized carbons (Fsp3) is 0.462. The SMILES string of the molecule is C[C@@H]1C(=O)C[C@@]2(c3ccccc3)C[C@@H]12. The maximum absolute atomic E-state index is 11.6. The zero-order valence-electron chi connectivity index (χ0n) is 8.36. The molecule has 2 saturated carbocycles. The van der Waals surface area contributed by atoms with Crippen LogP contribution in [0, 0.1) is 11.8 Å². The zero-order chi connectivity index (χ0) is 9.76. The van der Waals surface area contributed by atoms with Gasteiger partial charge in [0.15, 0.2) is 0 Å². The minimum absolute atomic E-state index is 0.248. The number of rotatable bonds is 1. The molecule has 1 heteroatoms. The van der Waals surface area contributed by atoms with E-state index >= 15 is 0 Å². The third kappa shape index (κ3) is 0.875. The lowest BCUT2D eigenvalue weighted by molar-refractivity contribution is -0.121. The largest absolute Gasteiger partial charge is 0.299 e. The molecule has 14 heavy (non-hydrogen) atoms. The van der Waals surface area contributed by atoms with E-state index in [1.54, 1.807) is 0 Å². The number of fused-ring (bicyclic) bond motifs is 1. The fourth-order valence-corrected chi connectivity index (χ4v) is 3.09. The molecule has 3 rings (SSSR count). The molecule has 0 unspecified atom stereocenters. The molecule has 72 valence electrons. The van der Waals surface area contributed by atoms with Gasteiger partial charge < -0.3 is 0 Å². The highest BCUT2D eigenvalue weighted by atomic mass is 16.1. The number of carbonyl (C=O) groups is 1. The van der Waals surface area contributed by atoms with Crippen LogP contribution in [-0.4, -0.2) is 5.78 Å². The topological polar surface area (TPSA) is 17.1 Å². The molecule has 0 radical (unpaired) electrons. The Hall–Kier alpha value is -1.11. The normalized spacial score (nSPS) is 39.6. The van der Waals surface area contributed by atoms with Crippen LogP contribution < -0.4 is 0 Å². The molecular weight excluding hydrogens is 172 g/mol. The van der Waals surface area contributed by atoms with Gasteiger partial charge in [-0.15, -0.1) is 0 Å². The highest BCUT2D eigenvalue weighted by Crippen LogP contribution is 2.65. The first kappa shape index (κ1) is 8.22. The van der Waals surface area contributed by atoms with Crippen molar-refractivity contribution in [2.24, 2.45) is 11.8 Å². The molecule has 0 saturated heterocycles. The van der Waals surface area contributed by atoms with Crippen molar-refractivity contribution in [1.82, 2.24) is 0 Å². The van der Waals surface area contributed by atoms with Gasteiger partial charge in [0.25, 0.3) is 0 Å². The van der Waals surface area contributed by atoms with Crippen molar-refractivity contribution in [3.63, 3.8) is 0 Å². The first-order valence-electron chi connectivity index (χ1n) is 5.32. The maximum atomic E-state index is 11.6. The zero-order valence-corrected chi connectivity index (χ0v) is 8.36. The van der Waals surface area contributed by atoms with E-state index in [4.69, 9.17) is 0 Å². The number of hydrogen-bond acceptors (Lipinski definition) is 1. The smallest absolute Gasteiger partial charge is 0.136 e. The van der Waals surface area contributed by atoms with Crippen molar-refractivity contribution in [2.45, 2.75) is 25.2 Å². The predicted molar refractivity (Wildman–Crippen MR) is 55.0 cm³/mol. The molecule has 1 nitrogen and oxygen atoms in total. The molecule has 2 aliphatic carbocycles. The summed E-state index contributed by atoms with van der Waals surface area (Å²) >= 11 is 0. The van der Waals surface area contributed by atoms with E-state index in [9.17, 15) is 4.79 Å². The lowest BCUT2D eigenvalue weighted by Gasteiger charge is -2.10. The van der Waals surface area contributed by atoms with Crippen LogP contribution in [0.3, 0.4) is 0 Å².